The number of hydrogen-bond donors (Lipinski definition) is 2. The summed E-state index contributed by atoms with van der Waals surface area (Å²) in [7, 11) is 0. The van der Waals surface area contributed by atoms with Crippen LogP contribution in [0, 0.1) is 0 Å². The van der Waals surface area contributed by atoms with Crippen LogP contribution in [0.4, 0.5) is 0 Å². The second-order valence-corrected chi connectivity index (χ2v) is 6.41. The predicted molar refractivity (Wildman–Crippen MR) is 86.3 cm³/mol. The van der Waals surface area contributed by atoms with Crippen LogP contribution in [0.15, 0.2) is 28.2 Å². The Hall–Kier alpha value is -1.33. The fourth-order valence-corrected chi connectivity index (χ4v) is 3.06. The molecule has 2 heterocycles. The summed E-state index contributed by atoms with van der Waals surface area (Å²) in [5, 5.41) is 6.30. The molecule has 1 unspecified atom stereocenters. The zero-order chi connectivity index (χ0) is 14.7. The zero-order valence-corrected chi connectivity index (χ0v) is 13.4. The molecular weight excluding hydrogens is 332 g/mol. The third kappa shape index (κ3) is 3.66. The SMILES string of the molecule is O=C1NCCCCC1NCC1=Cc2cc(Br)ccc2OC1. The van der Waals surface area contributed by atoms with E-state index in [1.165, 1.54) is 0 Å². The maximum atomic E-state index is 11.9. The molecular formula is C16H19BrN2O2. The van der Waals surface area contributed by atoms with Crippen molar-refractivity contribution in [3.05, 3.63) is 33.8 Å². The second-order valence-electron chi connectivity index (χ2n) is 5.49. The van der Waals surface area contributed by atoms with Crippen molar-refractivity contribution < 1.29 is 9.53 Å². The van der Waals surface area contributed by atoms with Gasteiger partial charge in [-0.15, -0.1) is 0 Å². The van der Waals surface area contributed by atoms with Crippen LogP contribution < -0.4 is 15.4 Å². The first-order chi connectivity index (χ1) is 10.2. The number of amides is 1. The summed E-state index contributed by atoms with van der Waals surface area (Å²) in [5.41, 5.74) is 2.25. The average molecular weight is 351 g/mol. The monoisotopic (exact) mass is 350 g/mol. The Morgan fingerprint density at radius 1 is 1.38 bits per heavy atom. The van der Waals surface area contributed by atoms with E-state index >= 15 is 0 Å². The molecule has 2 aliphatic heterocycles. The highest BCUT2D eigenvalue weighted by Crippen LogP contribution is 2.28. The molecule has 1 amide bonds. The minimum absolute atomic E-state index is 0.0858. The fraction of sp³-hybridized carbons (Fsp3) is 0.438. The molecule has 1 atom stereocenters. The van der Waals surface area contributed by atoms with Crippen LogP contribution in [-0.4, -0.2) is 31.6 Å². The number of rotatable bonds is 3. The van der Waals surface area contributed by atoms with Crippen LogP contribution in [0.2, 0.25) is 0 Å². The minimum atomic E-state index is -0.0858. The van der Waals surface area contributed by atoms with Crippen molar-refractivity contribution in [2.45, 2.75) is 25.3 Å². The van der Waals surface area contributed by atoms with Gasteiger partial charge in [0.25, 0.3) is 0 Å². The fourth-order valence-electron chi connectivity index (χ4n) is 2.69. The Morgan fingerprint density at radius 2 is 2.29 bits per heavy atom. The van der Waals surface area contributed by atoms with Gasteiger partial charge in [-0.3, -0.25) is 4.79 Å². The standard InChI is InChI=1S/C16H19BrN2O2/c17-13-4-5-15-12(8-13)7-11(10-21-15)9-19-14-3-1-2-6-18-16(14)20/h4-5,7-8,14,19H,1-3,6,9-10H2,(H,18,20). The number of ether oxygens (including phenoxy) is 1. The van der Waals surface area contributed by atoms with Crippen molar-refractivity contribution >= 4 is 27.9 Å². The van der Waals surface area contributed by atoms with Crippen molar-refractivity contribution in [2.24, 2.45) is 0 Å². The summed E-state index contributed by atoms with van der Waals surface area (Å²) in [5.74, 6) is 1.03. The molecule has 4 nitrogen and oxygen atoms in total. The molecule has 5 heteroatoms. The number of benzene rings is 1. The van der Waals surface area contributed by atoms with E-state index in [1.807, 2.05) is 18.2 Å². The Labute approximate surface area is 133 Å². The summed E-state index contributed by atoms with van der Waals surface area (Å²) in [6.45, 7) is 2.06. The molecule has 1 saturated heterocycles. The van der Waals surface area contributed by atoms with Gasteiger partial charge in [0.15, 0.2) is 0 Å². The van der Waals surface area contributed by atoms with Gasteiger partial charge in [-0.2, -0.15) is 0 Å². The second kappa shape index (κ2) is 6.62. The van der Waals surface area contributed by atoms with Crippen LogP contribution in [0.5, 0.6) is 5.75 Å². The number of fused-ring (bicyclic) bond motifs is 1. The number of nitrogens with one attached hydrogen (secondary N) is 2. The molecule has 3 rings (SSSR count). The van der Waals surface area contributed by atoms with Crippen LogP contribution in [-0.2, 0) is 4.79 Å². The van der Waals surface area contributed by atoms with Crippen LogP contribution >= 0.6 is 15.9 Å². The van der Waals surface area contributed by atoms with Crippen molar-refractivity contribution in [1.82, 2.24) is 10.6 Å². The highest BCUT2D eigenvalue weighted by atomic mass is 79.9. The third-order valence-electron chi connectivity index (χ3n) is 3.86. The van der Waals surface area contributed by atoms with Crippen LogP contribution in [0.3, 0.4) is 0 Å². The van der Waals surface area contributed by atoms with E-state index in [0.717, 1.165) is 47.2 Å². The quantitative estimate of drug-likeness (QED) is 0.880. The smallest absolute Gasteiger partial charge is 0.237 e. The van der Waals surface area contributed by atoms with Crippen LogP contribution in [0.1, 0.15) is 24.8 Å². The molecule has 1 aromatic carbocycles. The van der Waals surface area contributed by atoms with E-state index in [2.05, 4.69) is 32.6 Å². The summed E-state index contributed by atoms with van der Waals surface area (Å²) >= 11 is 3.48. The van der Waals surface area contributed by atoms with Crippen LogP contribution in [0.25, 0.3) is 6.08 Å². The predicted octanol–water partition coefficient (Wildman–Crippen LogP) is 2.48. The first-order valence-electron chi connectivity index (χ1n) is 7.35. The topological polar surface area (TPSA) is 50.4 Å². The van der Waals surface area contributed by atoms with E-state index in [1.54, 1.807) is 0 Å². The Bertz CT molecular complexity index is 571. The summed E-state index contributed by atoms with van der Waals surface area (Å²) in [6, 6.07) is 5.91. The summed E-state index contributed by atoms with van der Waals surface area (Å²) < 4.78 is 6.79. The van der Waals surface area contributed by atoms with Gasteiger partial charge < -0.3 is 15.4 Å². The van der Waals surface area contributed by atoms with Gasteiger partial charge in [-0.25, -0.2) is 0 Å². The molecule has 0 aliphatic carbocycles. The first-order valence-corrected chi connectivity index (χ1v) is 8.14. The normalized spacial score (nSPS) is 21.7. The molecule has 0 aromatic heterocycles. The van der Waals surface area contributed by atoms with Gasteiger partial charge in [0.2, 0.25) is 5.91 Å². The Balaban J connectivity index is 1.64. The zero-order valence-electron chi connectivity index (χ0n) is 11.8. The van der Waals surface area contributed by atoms with E-state index in [-0.39, 0.29) is 11.9 Å². The summed E-state index contributed by atoms with van der Waals surface area (Å²) in [6.07, 6.45) is 5.20. The minimum Gasteiger partial charge on any atom is -0.489 e. The van der Waals surface area contributed by atoms with Crippen molar-refractivity contribution in [1.29, 1.82) is 0 Å². The molecule has 0 bridgehead atoms. The molecule has 0 radical (unpaired) electrons. The Kier molecular flexibility index (Phi) is 4.60. The highest BCUT2D eigenvalue weighted by Gasteiger charge is 2.20. The van der Waals surface area contributed by atoms with Gasteiger partial charge in [0, 0.05) is 23.1 Å². The lowest BCUT2D eigenvalue weighted by Crippen LogP contribution is -2.43. The van der Waals surface area contributed by atoms with E-state index in [9.17, 15) is 4.79 Å². The molecule has 0 spiro atoms. The van der Waals surface area contributed by atoms with Gasteiger partial charge in [0.1, 0.15) is 12.4 Å². The molecule has 2 aliphatic rings. The van der Waals surface area contributed by atoms with Crippen molar-refractivity contribution in [2.75, 3.05) is 19.7 Å². The number of halogens is 1. The van der Waals surface area contributed by atoms with E-state index < -0.39 is 0 Å². The third-order valence-corrected chi connectivity index (χ3v) is 4.35. The number of carbonyl (C=O) groups excluding carboxylic acids is 1. The molecule has 0 saturated carbocycles. The van der Waals surface area contributed by atoms with E-state index in [4.69, 9.17) is 4.74 Å². The van der Waals surface area contributed by atoms with Gasteiger partial charge in [-0.05, 0) is 49.1 Å². The summed E-state index contributed by atoms with van der Waals surface area (Å²) in [4.78, 5) is 11.9. The van der Waals surface area contributed by atoms with Crippen molar-refractivity contribution in [3.8, 4) is 5.75 Å². The lowest BCUT2D eigenvalue weighted by Gasteiger charge is -2.21. The average Bonchev–Trinajstić information content (AvgIpc) is 2.69. The number of hydrogen-bond acceptors (Lipinski definition) is 3. The largest absolute Gasteiger partial charge is 0.489 e. The number of carbonyl (C=O) groups is 1. The first kappa shape index (κ1) is 14.6. The van der Waals surface area contributed by atoms with Gasteiger partial charge in [0.05, 0.1) is 6.04 Å². The maximum absolute atomic E-state index is 11.9. The lowest BCUT2D eigenvalue weighted by atomic mass is 10.1. The maximum Gasteiger partial charge on any atom is 0.237 e. The van der Waals surface area contributed by atoms with Crippen molar-refractivity contribution in [3.63, 3.8) is 0 Å². The van der Waals surface area contributed by atoms with Gasteiger partial charge >= 0.3 is 0 Å². The molecule has 2 N–H and O–H groups in total. The molecule has 21 heavy (non-hydrogen) atoms. The molecule has 1 aromatic rings. The molecule has 1 fully saturated rings. The highest BCUT2D eigenvalue weighted by molar-refractivity contribution is 9.10. The van der Waals surface area contributed by atoms with E-state index in [0.29, 0.717) is 13.2 Å². The van der Waals surface area contributed by atoms with Gasteiger partial charge in [-0.1, -0.05) is 15.9 Å². The lowest BCUT2D eigenvalue weighted by molar-refractivity contribution is -0.122. The Morgan fingerprint density at radius 3 is 3.19 bits per heavy atom. The molecule has 112 valence electrons.